The zero-order chi connectivity index (χ0) is 25.1. The number of likely N-dealkylation sites (N-methyl/N-ethyl adjacent to an activating group) is 1. The Bertz CT molecular complexity index is 1150. The van der Waals surface area contributed by atoms with Crippen molar-refractivity contribution in [2.75, 3.05) is 19.6 Å². The summed E-state index contributed by atoms with van der Waals surface area (Å²) in [6.07, 6.45) is 0. The second-order valence-electron chi connectivity index (χ2n) is 8.60. The summed E-state index contributed by atoms with van der Waals surface area (Å²) in [5, 5.41) is 25.4. The fraction of sp³-hybridized carbons (Fsp3) is 0.348. The van der Waals surface area contributed by atoms with Crippen LogP contribution >= 0.6 is 0 Å². The summed E-state index contributed by atoms with van der Waals surface area (Å²) < 4.78 is 10.4. The van der Waals surface area contributed by atoms with Crippen LogP contribution in [0.15, 0.2) is 36.4 Å². The van der Waals surface area contributed by atoms with Crippen LogP contribution in [0.2, 0.25) is 0 Å². The summed E-state index contributed by atoms with van der Waals surface area (Å²) in [6.45, 7) is 4.40. The molecule has 2 aliphatic rings. The van der Waals surface area contributed by atoms with Crippen molar-refractivity contribution < 1.29 is 33.7 Å². The average molecular weight is 479 g/mol. The highest BCUT2D eigenvalue weighted by Gasteiger charge is 2.31. The Labute approximate surface area is 203 Å². The number of carbonyl (C=O) groups is 3. The van der Waals surface area contributed by atoms with Crippen molar-refractivity contribution in [2.24, 2.45) is 0 Å². The number of rotatable bonds is 8. The fourth-order valence-corrected chi connectivity index (χ4v) is 4.16. The lowest BCUT2D eigenvalue weighted by atomic mass is 9.78. The summed E-state index contributed by atoms with van der Waals surface area (Å²) in [5.74, 6) is -1.10. The van der Waals surface area contributed by atoms with Gasteiger partial charge >= 0.3 is 14.2 Å². The first-order chi connectivity index (χ1) is 16.8. The second kappa shape index (κ2) is 10.6. The minimum Gasteiger partial charge on any atom is -0.423 e. The lowest BCUT2D eigenvalue weighted by molar-refractivity contribution is -0.122. The summed E-state index contributed by atoms with van der Waals surface area (Å²) in [5.41, 5.74) is 3.37. The van der Waals surface area contributed by atoms with Gasteiger partial charge in [0, 0.05) is 30.3 Å². The largest absolute Gasteiger partial charge is 0.491 e. The maximum atomic E-state index is 13.4. The van der Waals surface area contributed by atoms with Gasteiger partial charge in [0.1, 0.15) is 6.54 Å². The molecule has 182 valence electrons. The third kappa shape index (κ3) is 5.40. The van der Waals surface area contributed by atoms with Gasteiger partial charge in [-0.15, -0.1) is 0 Å². The molecule has 0 saturated carbocycles. The molecule has 0 aliphatic carbocycles. The molecule has 2 heterocycles. The molecule has 4 rings (SSSR count). The van der Waals surface area contributed by atoms with Crippen LogP contribution in [-0.2, 0) is 27.3 Å². The molecule has 12 heteroatoms. The lowest BCUT2D eigenvalue weighted by Gasteiger charge is -2.29. The second-order valence-corrected chi connectivity index (χ2v) is 8.60. The first-order valence-electron chi connectivity index (χ1n) is 11.5. The number of fused-ring (bicyclic) bond motifs is 2. The van der Waals surface area contributed by atoms with Gasteiger partial charge in [-0.05, 0) is 60.2 Å². The monoisotopic (exact) mass is 479 g/mol. The van der Waals surface area contributed by atoms with E-state index in [0.29, 0.717) is 28.6 Å². The molecule has 35 heavy (non-hydrogen) atoms. The Morgan fingerprint density at radius 2 is 1.54 bits per heavy atom. The van der Waals surface area contributed by atoms with Gasteiger partial charge < -0.3 is 34.9 Å². The van der Waals surface area contributed by atoms with Crippen molar-refractivity contribution in [2.45, 2.75) is 33.1 Å². The molecule has 2 aromatic carbocycles. The van der Waals surface area contributed by atoms with Crippen LogP contribution in [-0.4, -0.2) is 72.6 Å². The van der Waals surface area contributed by atoms with E-state index in [9.17, 15) is 24.4 Å². The highest BCUT2D eigenvalue weighted by atomic mass is 16.5. The standard InChI is InChI=1S/C23H27B2N3O7/c1-3-26-21(29)11-28(23(31)16-5-7-18-13-35-25(33)20(18)9-16)14(2)10-27-22(30)15-4-6-17-12-34-24(32)19(17)8-15/h4-9,14,32-33H,3,10-13H2,1-2H3,(H,26,29)(H,27,30). The minimum atomic E-state index is -1.09. The zero-order valence-corrected chi connectivity index (χ0v) is 19.6. The Hall–Kier alpha value is -3.18. The highest BCUT2D eigenvalue weighted by molar-refractivity contribution is 6.62. The maximum Gasteiger partial charge on any atom is 0.491 e. The molecule has 0 fully saturated rings. The van der Waals surface area contributed by atoms with Gasteiger partial charge in [0.25, 0.3) is 11.8 Å². The molecule has 0 bridgehead atoms. The number of nitrogens with zero attached hydrogens (tertiary/aromatic N) is 1. The van der Waals surface area contributed by atoms with E-state index in [1.807, 2.05) is 0 Å². The number of nitrogens with one attached hydrogen (secondary N) is 2. The van der Waals surface area contributed by atoms with Crippen LogP contribution in [0.5, 0.6) is 0 Å². The molecule has 0 aromatic heterocycles. The Morgan fingerprint density at radius 3 is 2.14 bits per heavy atom. The van der Waals surface area contributed by atoms with E-state index in [1.54, 1.807) is 50.2 Å². The van der Waals surface area contributed by atoms with Gasteiger partial charge in [0.05, 0.1) is 13.2 Å². The molecule has 2 aromatic rings. The number of hydrogen-bond donors (Lipinski definition) is 4. The Kier molecular flexibility index (Phi) is 7.56. The van der Waals surface area contributed by atoms with E-state index in [-0.39, 0.29) is 38.1 Å². The van der Waals surface area contributed by atoms with Crippen LogP contribution in [0.1, 0.15) is 45.7 Å². The van der Waals surface area contributed by atoms with Gasteiger partial charge in [-0.1, -0.05) is 12.1 Å². The van der Waals surface area contributed by atoms with E-state index in [0.717, 1.165) is 11.1 Å². The smallest absolute Gasteiger partial charge is 0.423 e. The SMILES string of the molecule is CCNC(=O)CN(C(=O)c1ccc2c(c1)B(O)OC2)C(C)CNC(=O)c1ccc2c(c1)B(O)OC2. The van der Waals surface area contributed by atoms with Gasteiger partial charge in [-0.3, -0.25) is 14.4 Å². The van der Waals surface area contributed by atoms with Crippen LogP contribution in [0.3, 0.4) is 0 Å². The highest BCUT2D eigenvalue weighted by Crippen LogP contribution is 2.15. The van der Waals surface area contributed by atoms with Gasteiger partial charge in [-0.2, -0.15) is 0 Å². The number of benzene rings is 2. The third-order valence-electron chi connectivity index (χ3n) is 6.17. The van der Waals surface area contributed by atoms with Crippen molar-refractivity contribution >= 4 is 42.9 Å². The number of hydrogen-bond acceptors (Lipinski definition) is 7. The van der Waals surface area contributed by atoms with E-state index in [4.69, 9.17) is 9.31 Å². The molecule has 10 nitrogen and oxygen atoms in total. The van der Waals surface area contributed by atoms with E-state index in [1.165, 1.54) is 4.90 Å². The summed E-state index contributed by atoms with van der Waals surface area (Å²) in [7, 11) is -2.15. The summed E-state index contributed by atoms with van der Waals surface area (Å²) in [6, 6.07) is 9.38. The minimum absolute atomic E-state index is 0.0940. The predicted octanol–water partition coefficient (Wildman–Crippen LogP) is -1.48. The zero-order valence-electron chi connectivity index (χ0n) is 19.6. The lowest BCUT2D eigenvalue weighted by Crippen LogP contribution is -2.49. The van der Waals surface area contributed by atoms with Crippen molar-refractivity contribution in [3.8, 4) is 0 Å². The average Bonchev–Trinajstić information content (AvgIpc) is 3.42. The summed E-state index contributed by atoms with van der Waals surface area (Å²) in [4.78, 5) is 39.9. The normalized spacial score (nSPS) is 14.9. The van der Waals surface area contributed by atoms with Crippen molar-refractivity contribution in [1.82, 2.24) is 15.5 Å². The first-order valence-corrected chi connectivity index (χ1v) is 11.5. The molecular formula is C23H27B2N3O7. The van der Waals surface area contributed by atoms with Crippen LogP contribution in [0.25, 0.3) is 0 Å². The molecule has 4 N–H and O–H groups in total. The van der Waals surface area contributed by atoms with E-state index < -0.39 is 26.2 Å². The van der Waals surface area contributed by atoms with Crippen molar-refractivity contribution in [1.29, 1.82) is 0 Å². The predicted molar refractivity (Wildman–Crippen MR) is 129 cm³/mol. The molecule has 0 radical (unpaired) electrons. The van der Waals surface area contributed by atoms with Crippen molar-refractivity contribution in [3.05, 3.63) is 58.7 Å². The molecule has 1 atom stereocenters. The Morgan fingerprint density at radius 1 is 0.971 bits per heavy atom. The summed E-state index contributed by atoms with van der Waals surface area (Å²) >= 11 is 0. The van der Waals surface area contributed by atoms with Gasteiger partial charge in [-0.25, -0.2) is 0 Å². The number of amides is 3. The topological polar surface area (TPSA) is 137 Å². The molecule has 2 aliphatic heterocycles. The van der Waals surface area contributed by atoms with E-state index in [2.05, 4.69) is 10.6 Å². The van der Waals surface area contributed by atoms with E-state index >= 15 is 0 Å². The molecule has 1 unspecified atom stereocenters. The van der Waals surface area contributed by atoms with Gasteiger partial charge in [0.2, 0.25) is 5.91 Å². The van der Waals surface area contributed by atoms with Crippen LogP contribution in [0, 0.1) is 0 Å². The fourth-order valence-electron chi connectivity index (χ4n) is 4.16. The molecule has 0 spiro atoms. The molecule has 0 saturated heterocycles. The van der Waals surface area contributed by atoms with Crippen LogP contribution in [0.4, 0.5) is 0 Å². The van der Waals surface area contributed by atoms with Crippen LogP contribution < -0.4 is 21.6 Å². The molecule has 3 amide bonds. The molecular weight excluding hydrogens is 452 g/mol. The Balaban J connectivity index is 1.48. The number of carbonyl (C=O) groups excluding carboxylic acids is 3. The van der Waals surface area contributed by atoms with Crippen molar-refractivity contribution in [3.63, 3.8) is 0 Å². The quantitative estimate of drug-likeness (QED) is 0.339. The maximum absolute atomic E-state index is 13.4. The third-order valence-corrected chi connectivity index (χ3v) is 6.17. The van der Waals surface area contributed by atoms with Gasteiger partial charge in [0.15, 0.2) is 0 Å². The first kappa shape index (κ1) is 24.9.